The highest BCUT2D eigenvalue weighted by Gasteiger charge is 2.41. The molecule has 1 aromatic carbocycles. The Morgan fingerprint density at radius 1 is 1.25 bits per heavy atom. The lowest BCUT2D eigenvalue weighted by atomic mass is 10.1. The van der Waals surface area contributed by atoms with Gasteiger partial charge in [0.05, 0.1) is 28.4 Å². The molecule has 0 spiro atoms. The summed E-state index contributed by atoms with van der Waals surface area (Å²) in [5.41, 5.74) is 5.87. The van der Waals surface area contributed by atoms with E-state index in [4.69, 9.17) is 22.1 Å². The van der Waals surface area contributed by atoms with Crippen molar-refractivity contribution in [3.05, 3.63) is 52.3 Å². The molecule has 3 rings (SSSR count). The third-order valence-electron chi connectivity index (χ3n) is 3.52. The maximum atomic E-state index is 12.7. The van der Waals surface area contributed by atoms with Gasteiger partial charge < -0.3 is 10.5 Å². The van der Waals surface area contributed by atoms with Crippen LogP contribution >= 0.6 is 11.6 Å². The number of carbonyl (C=O) groups excluding carboxylic acids is 3. The smallest absolute Gasteiger partial charge is 0.359 e. The number of carbonyl (C=O) groups is 3. The Bertz CT molecular complexity index is 841. The van der Waals surface area contributed by atoms with E-state index in [9.17, 15) is 14.4 Å². The number of nitrogens with two attached hydrogens (primary N) is 1. The third-order valence-corrected chi connectivity index (χ3v) is 3.83. The Labute approximate surface area is 142 Å². The predicted molar refractivity (Wildman–Crippen MR) is 87.2 cm³/mol. The second kappa shape index (κ2) is 5.93. The summed E-state index contributed by atoms with van der Waals surface area (Å²) in [6.07, 6.45) is 1.37. The van der Waals surface area contributed by atoms with Crippen molar-refractivity contribution in [1.82, 2.24) is 4.98 Å². The number of esters is 1. The number of benzene rings is 1. The fourth-order valence-electron chi connectivity index (χ4n) is 2.50. The number of ether oxygens (including phenoxy) is 1. The molecule has 24 heavy (non-hydrogen) atoms. The molecule has 1 aliphatic rings. The number of hydrogen-bond acceptors (Lipinski definition) is 6. The van der Waals surface area contributed by atoms with Gasteiger partial charge in [-0.05, 0) is 31.2 Å². The van der Waals surface area contributed by atoms with E-state index in [1.54, 1.807) is 6.92 Å². The van der Waals surface area contributed by atoms with Gasteiger partial charge in [0, 0.05) is 11.9 Å². The molecule has 2 heterocycles. The Morgan fingerprint density at radius 3 is 2.62 bits per heavy atom. The second-order valence-electron chi connectivity index (χ2n) is 4.92. The lowest BCUT2D eigenvalue weighted by Crippen LogP contribution is -2.31. The summed E-state index contributed by atoms with van der Waals surface area (Å²) in [4.78, 5) is 42.2. The van der Waals surface area contributed by atoms with Crippen molar-refractivity contribution < 1.29 is 19.1 Å². The molecule has 1 aromatic heterocycles. The van der Waals surface area contributed by atoms with E-state index in [2.05, 4.69) is 4.98 Å². The molecule has 7 nitrogen and oxygen atoms in total. The molecule has 0 bridgehead atoms. The van der Waals surface area contributed by atoms with Crippen LogP contribution in [0, 0.1) is 0 Å². The lowest BCUT2D eigenvalue weighted by Gasteiger charge is -2.16. The Kier molecular flexibility index (Phi) is 3.94. The van der Waals surface area contributed by atoms with Crippen molar-refractivity contribution in [3.63, 3.8) is 0 Å². The quantitative estimate of drug-likeness (QED) is 0.520. The number of imide groups is 1. The topological polar surface area (TPSA) is 103 Å². The van der Waals surface area contributed by atoms with E-state index in [1.807, 2.05) is 0 Å². The van der Waals surface area contributed by atoms with Gasteiger partial charge in [-0.25, -0.2) is 14.7 Å². The zero-order chi connectivity index (χ0) is 17.4. The summed E-state index contributed by atoms with van der Waals surface area (Å²) in [6, 6.07) is 5.84. The first-order valence-corrected chi connectivity index (χ1v) is 7.44. The van der Waals surface area contributed by atoms with Gasteiger partial charge in [0.1, 0.15) is 0 Å². The van der Waals surface area contributed by atoms with Gasteiger partial charge >= 0.3 is 5.97 Å². The molecular formula is C16H12ClN3O4. The fourth-order valence-corrected chi connectivity index (χ4v) is 2.74. The number of hydrogen-bond donors (Lipinski definition) is 1. The van der Waals surface area contributed by atoms with Gasteiger partial charge in [0.2, 0.25) is 0 Å². The largest absolute Gasteiger partial charge is 0.461 e. The molecule has 0 saturated heterocycles. The summed E-state index contributed by atoms with van der Waals surface area (Å²) in [5, 5.41) is 0.113. The standard InChI is InChI=1S/C16H12ClN3O4/c1-2-24-16(23)13-10(4-3-7-19-13)20-14(21)11-8(17)5-6-9(18)12(11)15(20)22/h3-7H,2,18H2,1H3. The van der Waals surface area contributed by atoms with Gasteiger partial charge in [0.25, 0.3) is 11.8 Å². The zero-order valence-corrected chi connectivity index (χ0v) is 13.3. The Hall–Kier alpha value is -2.93. The molecule has 2 aromatic rings. The number of aromatic nitrogens is 1. The van der Waals surface area contributed by atoms with Gasteiger partial charge in [-0.2, -0.15) is 0 Å². The maximum Gasteiger partial charge on any atom is 0.359 e. The lowest BCUT2D eigenvalue weighted by molar-refractivity contribution is 0.0520. The van der Waals surface area contributed by atoms with E-state index in [0.29, 0.717) is 0 Å². The number of amides is 2. The molecule has 122 valence electrons. The molecule has 0 fully saturated rings. The minimum atomic E-state index is -0.733. The fraction of sp³-hybridized carbons (Fsp3) is 0.125. The van der Waals surface area contributed by atoms with Crippen LogP contribution < -0.4 is 10.6 Å². The van der Waals surface area contributed by atoms with Crippen LogP contribution in [0.3, 0.4) is 0 Å². The molecule has 0 aliphatic carbocycles. The molecule has 0 radical (unpaired) electrons. The average molecular weight is 346 g/mol. The molecule has 1 aliphatic heterocycles. The molecule has 0 saturated carbocycles. The average Bonchev–Trinajstić information content (AvgIpc) is 2.83. The van der Waals surface area contributed by atoms with Crippen LogP contribution in [0.5, 0.6) is 0 Å². The summed E-state index contributed by atoms with van der Waals surface area (Å²) in [5.74, 6) is -2.05. The number of rotatable bonds is 3. The van der Waals surface area contributed by atoms with Crippen molar-refractivity contribution in [2.75, 3.05) is 17.2 Å². The van der Waals surface area contributed by atoms with E-state index in [0.717, 1.165) is 4.90 Å². The van der Waals surface area contributed by atoms with Crippen molar-refractivity contribution in [1.29, 1.82) is 0 Å². The summed E-state index contributed by atoms with van der Waals surface area (Å²) in [6.45, 7) is 1.78. The van der Waals surface area contributed by atoms with Crippen LogP contribution in [0.1, 0.15) is 38.1 Å². The van der Waals surface area contributed by atoms with Gasteiger partial charge in [0.15, 0.2) is 5.69 Å². The predicted octanol–water partition coefficient (Wildman–Crippen LogP) is 2.29. The summed E-state index contributed by atoms with van der Waals surface area (Å²) >= 11 is 6.04. The molecule has 0 atom stereocenters. The van der Waals surface area contributed by atoms with Crippen molar-refractivity contribution in [2.45, 2.75) is 6.92 Å². The van der Waals surface area contributed by atoms with E-state index in [1.165, 1.54) is 30.5 Å². The highest BCUT2D eigenvalue weighted by atomic mass is 35.5. The van der Waals surface area contributed by atoms with Crippen LogP contribution in [0.2, 0.25) is 5.02 Å². The number of anilines is 2. The second-order valence-corrected chi connectivity index (χ2v) is 5.33. The third kappa shape index (κ3) is 2.30. The summed E-state index contributed by atoms with van der Waals surface area (Å²) < 4.78 is 4.92. The molecule has 0 unspecified atom stereocenters. The van der Waals surface area contributed by atoms with Crippen molar-refractivity contribution >= 4 is 40.8 Å². The van der Waals surface area contributed by atoms with E-state index < -0.39 is 17.8 Å². The number of nitrogen functional groups attached to an aromatic ring is 1. The SMILES string of the molecule is CCOC(=O)c1ncccc1N1C(=O)c2c(N)ccc(Cl)c2C1=O. The van der Waals surface area contributed by atoms with E-state index >= 15 is 0 Å². The normalized spacial score (nSPS) is 13.2. The van der Waals surface area contributed by atoms with Crippen LogP contribution in [0.25, 0.3) is 0 Å². The van der Waals surface area contributed by atoms with Gasteiger partial charge in [-0.1, -0.05) is 11.6 Å². The number of fused-ring (bicyclic) bond motifs is 1. The highest BCUT2D eigenvalue weighted by molar-refractivity contribution is 6.43. The summed E-state index contributed by atoms with van der Waals surface area (Å²) in [7, 11) is 0. The van der Waals surface area contributed by atoms with Crippen LogP contribution in [-0.4, -0.2) is 29.4 Å². The Morgan fingerprint density at radius 2 is 1.96 bits per heavy atom. The van der Waals surface area contributed by atoms with Crippen LogP contribution in [0.4, 0.5) is 11.4 Å². The minimum absolute atomic E-state index is 0.0142. The minimum Gasteiger partial charge on any atom is -0.461 e. The first-order valence-electron chi connectivity index (χ1n) is 7.06. The van der Waals surface area contributed by atoms with E-state index in [-0.39, 0.29) is 39.8 Å². The van der Waals surface area contributed by atoms with Crippen molar-refractivity contribution in [3.8, 4) is 0 Å². The first kappa shape index (κ1) is 15.9. The molecular weight excluding hydrogens is 334 g/mol. The number of pyridine rings is 1. The molecule has 2 amide bonds. The number of halogens is 1. The molecule has 8 heteroatoms. The maximum absolute atomic E-state index is 12.7. The van der Waals surface area contributed by atoms with Gasteiger partial charge in [-0.15, -0.1) is 0 Å². The van der Waals surface area contributed by atoms with Crippen LogP contribution in [0.15, 0.2) is 30.5 Å². The van der Waals surface area contributed by atoms with Gasteiger partial charge in [-0.3, -0.25) is 9.59 Å². The number of nitrogens with zero attached hydrogens (tertiary/aromatic N) is 2. The Balaban J connectivity index is 2.15. The molecule has 2 N–H and O–H groups in total. The highest BCUT2D eigenvalue weighted by Crippen LogP contribution is 2.36. The first-order chi connectivity index (χ1) is 11.5. The zero-order valence-electron chi connectivity index (χ0n) is 12.6. The monoisotopic (exact) mass is 345 g/mol. The van der Waals surface area contributed by atoms with Crippen LogP contribution in [-0.2, 0) is 4.74 Å². The van der Waals surface area contributed by atoms with Crippen molar-refractivity contribution in [2.24, 2.45) is 0 Å².